The van der Waals surface area contributed by atoms with Crippen molar-refractivity contribution in [2.75, 3.05) is 31.1 Å². The maximum atomic E-state index is 13.6. The number of nitrogens with one attached hydrogen (secondary N) is 1. The molecule has 0 aliphatic carbocycles. The van der Waals surface area contributed by atoms with Crippen LogP contribution in [0.3, 0.4) is 0 Å². The van der Waals surface area contributed by atoms with Gasteiger partial charge in [0.2, 0.25) is 0 Å². The molecule has 0 amide bonds. The lowest BCUT2D eigenvalue weighted by Crippen LogP contribution is -2.43. The number of aryl methyl sites for hydroxylation is 1. The number of hydrogen-bond acceptors (Lipinski definition) is 3. The van der Waals surface area contributed by atoms with Gasteiger partial charge in [0.15, 0.2) is 5.13 Å². The van der Waals surface area contributed by atoms with Gasteiger partial charge in [0.1, 0.15) is 0 Å². The average Bonchev–Trinajstić information content (AvgIpc) is 2.43. The Morgan fingerprint density at radius 3 is 2.43 bits per heavy atom. The van der Waals surface area contributed by atoms with Crippen molar-refractivity contribution in [3.05, 3.63) is 15.6 Å². The molecule has 0 bridgehead atoms. The molecule has 2 rings (SSSR count). The summed E-state index contributed by atoms with van der Waals surface area (Å²) in [4.78, 5) is 3.24. The van der Waals surface area contributed by atoms with Crippen LogP contribution in [0.4, 0.5) is 10.1 Å². The summed E-state index contributed by atoms with van der Waals surface area (Å²) in [5.41, 5.74) is 1.93. The molecule has 0 saturated carbocycles. The molecule has 0 aromatic carbocycles. The fourth-order valence-corrected chi connectivity index (χ4v) is 2.72. The maximum absolute atomic E-state index is 13.6. The predicted octanol–water partition coefficient (Wildman–Crippen LogP) is 1.91. The van der Waals surface area contributed by atoms with Crippen molar-refractivity contribution in [2.45, 2.75) is 13.8 Å². The van der Waals surface area contributed by atoms with Gasteiger partial charge in [0, 0.05) is 31.1 Å². The standard InChI is InChI=1S/C10H15FN2S/c1-7-8(2)14-10(11)9(7)13-5-3-12-4-6-13/h12H,3-6H2,1-2H3. The first-order valence-electron chi connectivity index (χ1n) is 4.91. The number of anilines is 1. The molecule has 14 heavy (non-hydrogen) atoms. The monoisotopic (exact) mass is 214 g/mol. The highest BCUT2D eigenvalue weighted by molar-refractivity contribution is 7.11. The predicted molar refractivity (Wildman–Crippen MR) is 58.8 cm³/mol. The molecule has 2 nitrogen and oxygen atoms in total. The van der Waals surface area contributed by atoms with E-state index in [0.717, 1.165) is 42.3 Å². The summed E-state index contributed by atoms with van der Waals surface area (Å²) < 4.78 is 13.6. The van der Waals surface area contributed by atoms with Crippen LogP contribution in [0.15, 0.2) is 0 Å². The van der Waals surface area contributed by atoms with Gasteiger partial charge in [-0.3, -0.25) is 0 Å². The molecule has 1 saturated heterocycles. The fourth-order valence-electron chi connectivity index (χ4n) is 1.82. The zero-order valence-corrected chi connectivity index (χ0v) is 9.38. The molecule has 2 heterocycles. The maximum Gasteiger partial charge on any atom is 0.200 e. The molecule has 1 aromatic heterocycles. The molecule has 0 spiro atoms. The second-order valence-corrected chi connectivity index (χ2v) is 4.82. The molecule has 0 unspecified atom stereocenters. The molecule has 4 heteroatoms. The van der Waals surface area contributed by atoms with E-state index in [2.05, 4.69) is 10.2 Å². The third-order valence-corrected chi connectivity index (χ3v) is 3.73. The van der Waals surface area contributed by atoms with Crippen LogP contribution in [0.5, 0.6) is 0 Å². The van der Waals surface area contributed by atoms with Gasteiger partial charge in [0.25, 0.3) is 0 Å². The van der Waals surface area contributed by atoms with Gasteiger partial charge in [-0.25, -0.2) is 0 Å². The van der Waals surface area contributed by atoms with Crippen LogP contribution in [-0.2, 0) is 0 Å². The van der Waals surface area contributed by atoms with Crippen LogP contribution >= 0.6 is 11.3 Å². The summed E-state index contributed by atoms with van der Waals surface area (Å²) in [6.07, 6.45) is 0. The number of rotatable bonds is 1. The van der Waals surface area contributed by atoms with Gasteiger partial charge in [-0.1, -0.05) is 0 Å². The largest absolute Gasteiger partial charge is 0.366 e. The van der Waals surface area contributed by atoms with E-state index in [9.17, 15) is 4.39 Å². The van der Waals surface area contributed by atoms with Crippen LogP contribution in [0.1, 0.15) is 10.4 Å². The fraction of sp³-hybridized carbons (Fsp3) is 0.600. The number of piperazine rings is 1. The SMILES string of the molecule is Cc1sc(F)c(N2CCNCC2)c1C. The van der Waals surface area contributed by atoms with E-state index in [1.807, 2.05) is 13.8 Å². The first-order valence-corrected chi connectivity index (χ1v) is 5.73. The quantitative estimate of drug-likeness (QED) is 0.768. The molecule has 78 valence electrons. The Morgan fingerprint density at radius 2 is 1.93 bits per heavy atom. The normalized spacial score (nSPS) is 17.5. The van der Waals surface area contributed by atoms with E-state index in [1.165, 1.54) is 11.3 Å². The van der Waals surface area contributed by atoms with E-state index < -0.39 is 0 Å². The molecule has 0 radical (unpaired) electrons. The summed E-state index contributed by atoms with van der Waals surface area (Å²) in [5.74, 6) is 0. The lowest BCUT2D eigenvalue weighted by Gasteiger charge is -2.29. The molecular formula is C10H15FN2S. The molecule has 1 aliphatic heterocycles. The third-order valence-electron chi connectivity index (χ3n) is 2.75. The summed E-state index contributed by atoms with van der Waals surface area (Å²) in [6.45, 7) is 7.71. The van der Waals surface area contributed by atoms with Crippen molar-refractivity contribution < 1.29 is 4.39 Å². The van der Waals surface area contributed by atoms with E-state index in [1.54, 1.807) is 0 Å². The van der Waals surface area contributed by atoms with Gasteiger partial charge < -0.3 is 10.2 Å². The Hall–Kier alpha value is -0.610. The highest BCUT2D eigenvalue weighted by Gasteiger charge is 2.20. The van der Waals surface area contributed by atoms with Gasteiger partial charge in [0.05, 0.1) is 5.69 Å². The summed E-state index contributed by atoms with van der Waals surface area (Å²) >= 11 is 1.26. The minimum absolute atomic E-state index is 0.0260. The van der Waals surface area contributed by atoms with E-state index in [4.69, 9.17) is 0 Å². The topological polar surface area (TPSA) is 15.3 Å². The molecular weight excluding hydrogens is 199 g/mol. The second-order valence-electron chi connectivity index (χ2n) is 3.64. The van der Waals surface area contributed by atoms with Crippen LogP contribution < -0.4 is 10.2 Å². The number of thiophene rings is 1. The number of hydrogen-bond donors (Lipinski definition) is 1. The molecule has 1 aromatic rings. The Balaban J connectivity index is 2.29. The molecule has 1 aliphatic rings. The average molecular weight is 214 g/mol. The van der Waals surface area contributed by atoms with Gasteiger partial charge in [-0.2, -0.15) is 4.39 Å². The van der Waals surface area contributed by atoms with Gasteiger partial charge in [-0.05, 0) is 19.4 Å². The Morgan fingerprint density at radius 1 is 1.29 bits per heavy atom. The molecule has 1 fully saturated rings. The van der Waals surface area contributed by atoms with Crippen molar-refractivity contribution in [1.82, 2.24) is 5.32 Å². The smallest absolute Gasteiger partial charge is 0.200 e. The van der Waals surface area contributed by atoms with Crippen molar-refractivity contribution in [1.29, 1.82) is 0 Å². The highest BCUT2D eigenvalue weighted by atomic mass is 32.1. The minimum atomic E-state index is -0.0260. The highest BCUT2D eigenvalue weighted by Crippen LogP contribution is 2.33. The minimum Gasteiger partial charge on any atom is -0.366 e. The zero-order chi connectivity index (χ0) is 10.1. The van der Waals surface area contributed by atoms with E-state index in [0.29, 0.717) is 0 Å². The Labute approximate surface area is 87.7 Å². The van der Waals surface area contributed by atoms with Crippen LogP contribution in [-0.4, -0.2) is 26.2 Å². The summed E-state index contributed by atoms with van der Waals surface area (Å²) in [5, 5.41) is 3.24. The molecule has 1 N–H and O–H groups in total. The van der Waals surface area contributed by atoms with Crippen LogP contribution in [0.25, 0.3) is 0 Å². The van der Waals surface area contributed by atoms with Crippen molar-refractivity contribution in [3.8, 4) is 0 Å². The Bertz CT molecular complexity index is 329. The van der Waals surface area contributed by atoms with Crippen molar-refractivity contribution >= 4 is 17.0 Å². The summed E-state index contributed by atoms with van der Waals surface area (Å²) in [6, 6.07) is 0. The number of halogens is 1. The lowest BCUT2D eigenvalue weighted by molar-refractivity contribution is 0.573. The van der Waals surface area contributed by atoms with Crippen LogP contribution in [0.2, 0.25) is 0 Å². The molecule has 0 atom stereocenters. The number of nitrogens with zero attached hydrogens (tertiary/aromatic N) is 1. The zero-order valence-electron chi connectivity index (χ0n) is 8.56. The second kappa shape index (κ2) is 3.87. The van der Waals surface area contributed by atoms with E-state index >= 15 is 0 Å². The lowest BCUT2D eigenvalue weighted by atomic mass is 10.2. The van der Waals surface area contributed by atoms with Gasteiger partial charge in [-0.15, -0.1) is 11.3 Å². The van der Waals surface area contributed by atoms with Crippen molar-refractivity contribution in [3.63, 3.8) is 0 Å². The van der Waals surface area contributed by atoms with Crippen molar-refractivity contribution in [2.24, 2.45) is 0 Å². The first kappa shape index (κ1) is 9.93. The van der Waals surface area contributed by atoms with Crippen LogP contribution in [0, 0.1) is 19.0 Å². The van der Waals surface area contributed by atoms with Gasteiger partial charge >= 0.3 is 0 Å². The third kappa shape index (κ3) is 1.64. The van der Waals surface area contributed by atoms with E-state index in [-0.39, 0.29) is 5.13 Å². The summed E-state index contributed by atoms with van der Waals surface area (Å²) in [7, 11) is 0. The first-order chi connectivity index (χ1) is 6.70. The Kier molecular flexibility index (Phi) is 2.74.